The van der Waals surface area contributed by atoms with Crippen LogP contribution in [0.25, 0.3) is 0 Å². The summed E-state index contributed by atoms with van der Waals surface area (Å²) in [5, 5.41) is 0. The van der Waals surface area contributed by atoms with E-state index in [1.165, 1.54) is 25.7 Å². The van der Waals surface area contributed by atoms with Crippen molar-refractivity contribution in [2.45, 2.75) is 46.5 Å². The molecular formula is C13H25N. The van der Waals surface area contributed by atoms with Gasteiger partial charge in [0.25, 0.3) is 0 Å². The van der Waals surface area contributed by atoms with E-state index in [0.29, 0.717) is 0 Å². The molecule has 0 saturated heterocycles. The Morgan fingerprint density at radius 2 is 1.93 bits per heavy atom. The number of hydrogen-bond donors (Lipinski definition) is 0. The summed E-state index contributed by atoms with van der Waals surface area (Å²) in [4.78, 5) is 2.23. The topological polar surface area (TPSA) is 3.24 Å². The molecule has 0 unspecified atom stereocenters. The highest BCUT2D eigenvalue weighted by molar-refractivity contribution is 5.18. The van der Waals surface area contributed by atoms with Gasteiger partial charge in [0.2, 0.25) is 0 Å². The monoisotopic (exact) mass is 195 g/mol. The fourth-order valence-electron chi connectivity index (χ4n) is 1.32. The van der Waals surface area contributed by atoms with Gasteiger partial charge in [-0.3, -0.25) is 0 Å². The number of hydrogen-bond acceptors (Lipinski definition) is 1. The van der Waals surface area contributed by atoms with Crippen molar-refractivity contribution in [1.29, 1.82) is 0 Å². The fourth-order valence-corrected chi connectivity index (χ4v) is 1.32. The second-order valence-corrected chi connectivity index (χ2v) is 3.89. The Hall–Kier alpha value is -0.720. The summed E-state index contributed by atoms with van der Waals surface area (Å²) in [5.41, 5.74) is 1.57. The molecule has 1 nitrogen and oxygen atoms in total. The van der Waals surface area contributed by atoms with Crippen molar-refractivity contribution in [1.82, 2.24) is 4.90 Å². The molecule has 0 N–H and O–H groups in total. The Kier molecular flexibility index (Phi) is 8.40. The summed E-state index contributed by atoms with van der Waals surface area (Å²) < 4.78 is 0. The zero-order chi connectivity index (χ0) is 10.8. The van der Waals surface area contributed by atoms with Crippen molar-refractivity contribution in [3.63, 3.8) is 0 Å². The number of rotatable bonds is 3. The molecule has 0 aromatic carbocycles. The van der Waals surface area contributed by atoms with E-state index in [1.54, 1.807) is 5.57 Å². The maximum atomic E-state index is 2.25. The molecular weight excluding hydrogens is 170 g/mol. The molecule has 0 bridgehead atoms. The summed E-state index contributed by atoms with van der Waals surface area (Å²) in [6.45, 7) is 7.61. The van der Waals surface area contributed by atoms with Crippen molar-refractivity contribution in [2.75, 3.05) is 13.6 Å². The molecule has 0 radical (unpaired) electrons. The maximum absolute atomic E-state index is 2.25. The largest absolute Gasteiger partial charge is 0.376 e. The standard InChI is InChI=1S/C10H17N.C3H8/c1-3-4-6-10-7-5-8-11(2)9-10;1-3-2/h5,7-8H,3-4,6,9H2,1-2H3;3H2,1-2H3. The summed E-state index contributed by atoms with van der Waals surface area (Å²) in [6, 6.07) is 0. The van der Waals surface area contributed by atoms with Crippen LogP contribution in [0, 0.1) is 0 Å². The Morgan fingerprint density at radius 3 is 2.43 bits per heavy atom. The van der Waals surface area contributed by atoms with Crippen LogP contribution in [-0.4, -0.2) is 18.5 Å². The van der Waals surface area contributed by atoms with Gasteiger partial charge in [-0.05, 0) is 25.1 Å². The van der Waals surface area contributed by atoms with Crippen LogP contribution >= 0.6 is 0 Å². The zero-order valence-electron chi connectivity index (χ0n) is 10.2. The van der Waals surface area contributed by atoms with Crippen LogP contribution in [0.3, 0.4) is 0 Å². The predicted octanol–water partition coefficient (Wildman–Crippen LogP) is 3.98. The molecule has 82 valence electrons. The van der Waals surface area contributed by atoms with E-state index < -0.39 is 0 Å². The Morgan fingerprint density at radius 1 is 1.29 bits per heavy atom. The van der Waals surface area contributed by atoms with Crippen LogP contribution < -0.4 is 0 Å². The third-order valence-electron chi connectivity index (χ3n) is 1.98. The number of nitrogens with zero attached hydrogens (tertiary/aromatic N) is 1. The SMILES string of the molecule is CCC.CCCCC1=CC=CN(C)C1. The molecule has 0 atom stereocenters. The van der Waals surface area contributed by atoms with Crippen LogP contribution in [0.4, 0.5) is 0 Å². The second-order valence-electron chi connectivity index (χ2n) is 3.89. The van der Waals surface area contributed by atoms with Gasteiger partial charge in [0.1, 0.15) is 0 Å². The lowest BCUT2D eigenvalue weighted by atomic mass is 10.1. The molecule has 1 aliphatic rings. The van der Waals surface area contributed by atoms with Crippen LogP contribution in [0.2, 0.25) is 0 Å². The van der Waals surface area contributed by atoms with Crippen LogP contribution in [0.15, 0.2) is 23.9 Å². The minimum absolute atomic E-state index is 1.12. The normalized spacial score (nSPS) is 14.6. The van der Waals surface area contributed by atoms with Gasteiger partial charge >= 0.3 is 0 Å². The molecule has 0 fully saturated rings. The summed E-state index contributed by atoms with van der Waals surface area (Å²) in [6.07, 6.45) is 11.6. The van der Waals surface area contributed by atoms with Gasteiger partial charge in [-0.1, -0.05) is 45.3 Å². The average molecular weight is 195 g/mol. The van der Waals surface area contributed by atoms with Gasteiger partial charge in [0.15, 0.2) is 0 Å². The van der Waals surface area contributed by atoms with E-state index in [2.05, 4.69) is 51.1 Å². The lowest BCUT2D eigenvalue weighted by Gasteiger charge is -2.19. The van der Waals surface area contributed by atoms with Crippen molar-refractivity contribution in [2.24, 2.45) is 0 Å². The average Bonchev–Trinajstić information content (AvgIpc) is 2.16. The lowest BCUT2D eigenvalue weighted by molar-refractivity contribution is 0.480. The highest BCUT2D eigenvalue weighted by Gasteiger charge is 2.01. The Labute approximate surface area is 89.5 Å². The van der Waals surface area contributed by atoms with Crippen molar-refractivity contribution in [3.05, 3.63) is 23.9 Å². The van der Waals surface area contributed by atoms with E-state index in [4.69, 9.17) is 0 Å². The van der Waals surface area contributed by atoms with Crippen LogP contribution in [-0.2, 0) is 0 Å². The lowest BCUT2D eigenvalue weighted by Crippen LogP contribution is -2.16. The zero-order valence-corrected chi connectivity index (χ0v) is 10.2. The summed E-state index contributed by atoms with van der Waals surface area (Å²) in [7, 11) is 2.12. The molecule has 1 aliphatic heterocycles. The van der Waals surface area contributed by atoms with Gasteiger partial charge in [-0.25, -0.2) is 0 Å². The van der Waals surface area contributed by atoms with Crippen LogP contribution in [0.1, 0.15) is 46.5 Å². The molecule has 0 aliphatic carbocycles. The third-order valence-corrected chi connectivity index (χ3v) is 1.98. The molecule has 1 heteroatoms. The molecule has 1 rings (SSSR count). The second kappa shape index (κ2) is 8.86. The highest BCUT2D eigenvalue weighted by atomic mass is 15.1. The molecule has 14 heavy (non-hydrogen) atoms. The van der Waals surface area contributed by atoms with E-state index >= 15 is 0 Å². The smallest absolute Gasteiger partial charge is 0.0383 e. The molecule has 0 spiro atoms. The van der Waals surface area contributed by atoms with Gasteiger partial charge in [-0.2, -0.15) is 0 Å². The Bertz CT molecular complexity index is 180. The maximum Gasteiger partial charge on any atom is 0.0383 e. The first-order chi connectivity index (χ1) is 6.74. The quantitative estimate of drug-likeness (QED) is 0.658. The van der Waals surface area contributed by atoms with E-state index in [-0.39, 0.29) is 0 Å². The highest BCUT2D eigenvalue weighted by Crippen LogP contribution is 2.12. The van der Waals surface area contributed by atoms with E-state index in [1.807, 2.05) is 0 Å². The number of likely N-dealkylation sites (N-methyl/N-ethyl adjacent to an activating group) is 1. The first-order valence-corrected chi connectivity index (χ1v) is 5.81. The third kappa shape index (κ3) is 6.76. The van der Waals surface area contributed by atoms with Crippen LogP contribution in [0.5, 0.6) is 0 Å². The Balaban J connectivity index is 0.000000500. The first kappa shape index (κ1) is 13.3. The minimum atomic E-state index is 1.12. The summed E-state index contributed by atoms with van der Waals surface area (Å²) >= 11 is 0. The van der Waals surface area contributed by atoms with Gasteiger partial charge in [0.05, 0.1) is 0 Å². The first-order valence-electron chi connectivity index (χ1n) is 5.81. The van der Waals surface area contributed by atoms with E-state index in [0.717, 1.165) is 6.54 Å². The molecule has 0 amide bonds. The van der Waals surface area contributed by atoms with Crippen molar-refractivity contribution < 1.29 is 0 Å². The van der Waals surface area contributed by atoms with E-state index in [9.17, 15) is 0 Å². The number of allylic oxidation sites excluding steroid dienone is 2. The molecule has 0 aromatic heterocycles. The minimum Gasteiger partial charge on any atom is -0.376 e. The van der Waals surface area contributed by atoms with Gasteiger partial charge in [-0.15, -0.1) is 0 Å². The summed E-state index contributed by atoms with van der Waals surface area (Å²) in [5.74, 6) is 0. The molecule has 1 heterocycles. The van der Waals surface area contributed by atoms with Gasteiger partial charge < -0.3 is 4.90 Å². The van der Waals surface area contributed by atoms with Crippen molar-refractivity contribution in [3.8, 4) is 0 Å². The van der Waals surface area contributed by atoms with Gasteiger partial charge in [0, 0.05) is 13.6 Å². The number of unbranched alkanes of at least 4 members (excludes halogenated alkanes) is 1. The predicted molar refractivity (Wildman–Crippen MR) is 65.3 cm³/mol. The fraction of sp³-hybridized carbons (Fsp3) is 0.692. The molecule has 0 saturated carbocycles. The molecule has 0 aromatic rings. The van der Waals surface area contributed by atoms with Crippen molar-refractivity contribution >= 4 is 0 Å².